The maximum absolute atomic E-state index is 8.98. The Hall–Kier alpha value is -1.92. The summed E-state index contributed by atoms with van der Waals surface area (Å²) in [7, 11) is 0. The minimum atomic E-state index is 0.649. The Morgan fingerprint density at radius 3 is 1.64 bits per heavy atom. The van der Waals surface area contributed by atoms with E-state index in [0.717, 1.165) is 19.4 Å². The van der Waals surface area contributed by atoms with Crippen LogP contribution in [-0.2, 0) is 12.8 Å². The van der Waals surface area contributed by atoms with Crippen molar-refractivity contribution in [2.24, 2.45) is 0 Å². The predicted octanol–water partition coefficient (Wildman–Crippen LogP) is 10.8. The van der Waals surface area contributed by atoms with Crippen LogP contribution < -0.4 is 4.90 Å². The second-order valence-electron chi connectivity index (χ2n) is 10.5. The molecule has 196 valence electrons. The topological polar surface area (TPSA) is 27.0 Å². The van der Waals surface area contributed by atoms with E-state index in [9.17, 15) is 0 Å². The van der Waals surface area contributed by atoms with Crippen molar-refractivity contribution in [1.29, 1.82) is 5.26 Å². The molecule has 0 radical (unpaired) electrons. The number of nitriles is 1. The quantitative estimate of drug-likeness (QED) is 0.189. The summed E-state index contributed by atoms with van der Waals surface area (Å²) in [6.45, 7) is 5.55. The third kappa shape index (κ3) is 9.19. The lowest BCUT2D eigenvalue weighted by Gasteiger charge is -2.33. The van der Waals surface area contributed by atoms with Gasteiger partial charge in [-0.3, -0.25) is 0 Å². The van der Waals surface area contributed by atoms with Gasteiger partial charge in [-0.15, -0.1) is 0 Å². The van der Waals surface area contributed by atoms with Crippen molar-refractivity contribution in [2.45, 2.75) is 133 Å². The van der Waals surface area contributed by atoms with Crippen LogP contribution in [0.4, 0.5) is 11.4 Å². The maximum Gasteiger partial charge on any atom is 0.0621 e. The van der Waals surface area contributed by atoms with Gasteiger partial charge in [-0.05, 0) is 73.9 Å². The minimum absolute atomic E-state index is 0.649. The van der Waals surface area contributed by atoms with Crippen molar-refractivity contribution in [3.63, 3.8) is 0 Å². The molecule has 0 saturated carbocycles. The van der Waals surface area contributed by atoms with E-state index in [-0.39, 0.29) is 0 Å². The van der Waals surface area contributed by atoms with Crippen LogP contribution in [0.15, 0.2) is 46.2 Å². The molecule has 0 aromatic heterocycles. The summed E-state index contributed by atoms with van der Waals surface area (Å²) in [5, 5.41) is 8.98. The Balaban J connectivity index is 1.67. The molecule has 2 nitrogen and oxygen atoms in total. The van der Waals surface area contributed by atoms with E-state index in [4.69, 9.17) is 5.26 Å². The van der Waals surface area contributed by atoms with Crippen LogP contribution in [0.3, 0.4) is 0 Å². The van der Waals surface area contributed by atoms with Gasteiger partial charge < -0.3 is 4.90 Å². The van der Waals surface area contributed by atoms with Gasteiger partial charge in [-0.2, -0.15) is 5.26 Å². The highest BCUT2D eigenvalue weighted by Gasteiger charge is 2.23. The minimum Gasteiger partial charge on any atom is -0.340 e. The molecule has 0 N–H and O–H groups in total. The number of benzene rings is 2. The number of rotatable bonds is 18. The zero-order chi connectivity index (χ0) is 25.4. The summed E-state index contributed by atoms with van der Waals surface area (Å²) in [5.74, 6) is 0. The molecule has 1 aliphatic rings. The monoisotopic (exact) mass is 504 g/mol. The summed E-state index contributed by atoms with van der Waals surface area (Å²) in [6.07, 6.45) is 21.2. The second-order valence-corrected chi connectivity index (χ2v) is 11.6. The third-order valence-electron chi connectivity index (χ3n) is 7.41. The lowest BCUT2D eigenvalue weighted by Crippen LogP contribution is -2.22. The van der Waals surface area contributed by atoms with Gasteiger partial charge in [-0.1, -0.05) is 102 Å². The van der Waals surface area contributed by atoms with Gasteiger partial charge in [-0.25, -0.2) is 0 Å². The third-order valence-corrected chi connectivity index (χ3v) is 8.50. The molecular formula is C33H48N2S. The number of anilines is 2. The smallest absolute Gasteiger partial charge is 0.0621 e. The summed E-state index contributed by atoms with van der Waals surface area (Å²) in [4.78, 5) is 5.33. The van der Waals surface area contributed by atoms with Crippen LogP contribution >= 0.6 is 11.8 Å². The van der Waals surface area contributed by atoms with Gasteiger partial charge in [0.2, 0.25) is 0 Å². The summed E-state index contributed by atoms with van der Waals surface area (Å²) in [6, 6.07) is 16.6. The van der Waals surface area contributed by atoms with E-state index in [1.54, 1.807) is 0 Å². The fourth-order valence-electron chi connectivity index (χ4n) is 5.22. The van der Waals surface area contributed by atoms with Crippen LogP contribution in [0, 0.1) is 11.3 Å². The zero-order valence-electron chi connectivity index (χ0n) is 23.0. The van der Waals surface area contributed by atoms with Gasteiger partial charge in [0.1, 0.15) is 0 Å². The van der Waals surface area contributed by atoms with Crippen molar-refractivity contribution in [1.82, 2.24) is 0 Å². The highest BCUT2D eigenvalue weighted by Crippen LogP contribution is 2.49. The van der Waals surface area contributed by atoms with E-state index < -0.39 is 0 Å². The lowest BCUT2D eigenvalue weighted by atomic mass is 10.0. The Morgan fingerprint density at radius 2 is 1.14 bits per heavy atom. The summed E-state index contributed by atoms with van der Waals surface area (Å²) in [5.41, 5.74) is 5.65. The SMILES string of the molecule is CCCCCCCCc1ccc2c(c1)Sc1cc(CCCCCCCC)ccc1N2CCCCC#N. The molecule has 0 spiro atoms. The van der Waals surface area contributed by atoms with E-state index in [0.29, 0.717) is 6.42 Å². The first-order valence-corrected chi connectivity index (χ1v) is 15.7. The van der Waals surface area contributed by atoms with Crippen molar-refractivity contribution >= 4 is 23.1 Å². The van der Waals surface area contributed by atoms with E-state index in [1.807, 2.05) is 11.8 Å². The number of hydrogen-bond donors (Lipinski definition) is 0. The van der Waals surface area contributed by atoms with E-state index in [1.165, 1.54) is 122 Å². The van der Waals surface area contributed by atoms with Gasteiger partial charge in [0.05, 0.1) is 17.4 Å². The Labute approximate surface area is 225 Å². The summed E-state index contributed by atoms with van der Waals surface area (Å²) >= 11 is 1.96. The zero-order valence-corrected chi connectivity index (χ0v) is 23.8. The number of nitrogens with zero attached hydrogens (tertiary/aromatic N) is 2. The molecule has 0 atom stereocenters. The number of hydrogen-bond acceptors (Lipinski definition) is 3. The Kier molecular flexibility index (Phi) is 13.3. The molecule has 0 unspecified atom stereocenters. The molecule has 3 rings (SSSR count). The molecule has 1 heterocycles. The Bertz CT molecular complexity index is 880. The number of aryl methyl sites for hydroxylation is 2. The van der Waals surface area contributed by atoms with Crippen molar-refractivity contribution < 1.29 is 0 Å². The first-order valence-electron chi connectivity index (χ1n) is 14.8. The van der Waals surface area contributed by atoms with Crippen LogP contribution in [0.5, 0.6) is 0 Å². The van der Waals surface area contributed by atoms with Crippen LogP contribution in [-0.4, -0.2) is 6.54 Å². The first kappa shape index (κ1) is 28.6. The fourth-order valence-corrected chi connectivity index (χ4v) is 6.44. The molecule has 0 saturated heterocycles. The maximum atomic E-state index is 8.98. The predicted molar refractivity (Wildman–Crippen MR) is 158 cm³/mol. The van der Waals surface area contributed by atoms with Crippen molar-refractivity contribution in [3.05, 3.63) is 47.5 Å². The van der Waals surface area contributed by atoms with E-state index >= 15 is 0 Å². The highest BCUT2D eigenvalue weighted by atomic mass is 32.2. The van der Waals surface area contributed by atoms with Gasteiger partial charge >= 0.3 is 0 Å². The molecule has 2 aromatic rings. The number of fused-ring (bicyclic) bond motifs is 2. The van der Waals surface area contributed by atoms with Crippen LogP contribution in [0.2, 0.25) is 0 Å². The molecule has 2 aromatic carbocycles. The molecule has 0 bridgehead atoms. The summed E-state index contributed by atoms with van der Waals surface area (Å²) < 4.78 is 0. The molecular weight excluding hydrogens is 456 g/mol. The average molecular weight is 505 g/mol. The molecule has 0 fully saturated rings. The molecule has 0 aliphatic carbocycles. The van der Waals surface area contributed by atoms with Gasteiger partial charge in [0.25, 0.3) is 0 Å². The standard InChI is InChI=1S/C33H48N2S/c1-3-5-7-9-11-14-18-28-20-22-30-32(26-28)36-33-27-29(19-15-12-10-8-6-4-2)21-23-31(33)35(30)25-17-13-16-24-34/h20-23,26-27H,3-19,25H2,1-2H3. The van der Waals surface area contributed by atoms with Gasteiger partial charge in [0, 0.05) is 22.8 Å². The lowest BCUT2D eigenvalue weighted by molar-refractivity contribution is 0.607. The Morgan fingerprint density at radius 1 is 0.639 bits per heavy atom. The molecule has 3 heteroatoms. The fraction of sp³-hybridized carbons (Fsp3) is 0.606. The van der Waals surface area contributed by atoms with Crippen LogP contribution in [0.1, 0.15) is 121 Å². The average Bonchev–Trinajstić information content (AvgIpc) is 2.89. The second kappa shape index (κ2) is 16.8. The van der Waals surface area contributed by atoms with Crippen molar-refractivity contribution in [3.8, 4) is 6.07 Å². The molecule has 0 amide bonds. The van der Waals surface area contributed by atoms with E-state index in [2.05, 4.69) is 61.2 Å². The first-order chi connectivity index (χ1) is 17.8. The van der Waals surface area contributed by atoms with Crippen molar-refractivity contribution in [2.75, 3.05) is 11.4 Å². The van der Waals surface area contributed by atoms with Gasteiger partial charge in [0.15, 0.2) is 0 Å². The van der Waals surface area contributed by atoms with Crippen LogP contribution in [0.25, 0.3) is 0 Å². The highest BCUT2D eigenvalue weighted by molar-refractivity contribution is 7.99. The number of unbranched alkanes of at least 4 members (excludes halogenated alkanes) is 12. The molecule has 1 aliphatic heterocycles. The largest absolute Gasteiger partial charge is 0.340 e. The molecule has 36 heavy (non-hydrogen) atoms. The normalized spacial score (nSPS) is 12.3.